The number of anilines is 3. The second-order valence-corrected chi connectivity index (χ2v) is 6.32. The zero-order chi connectivity index (χ0) is 19.3. The minimum atomic E-state index is 0.510. The van der Waals surface area contributed by atoms with Crippen molar-refractivity contribution in [2.24, 2.45) is 7.05 Å². The lowest BCUT2D eigenvalue weighted by atomic mass is 10.2. The van der Waals surface area contributed by atoms with Crippen LogP contribution in [0.2, 0.25) is 0 Å². The van der Waals surface area contributed by atoms with Crippen molar-refractivity contribution in [1.82, 2.24) is 19.7 Å². The number of aromatic nitrogens is 4. The lowest BCUT2D eigenvalue weighted by molar-refractivity contribution is 0.340. The van der Waals surface area contributed by atoms with E-state index in [0.29, 0.717) is 19.1 Å². The summed E-state index contributed by atoms with van der Waals surface area (Å²) in [5.74, 6) is 2.09. The Labute approximate surface area is 163 Å². The molecule has 4 rings (SSSR count). The molecule has 2 heterocycles. The fourth-order valence-electron chi connectivity index (χ4n) is 2.92. The number of nitrogens with zero attached hydrogens (tertiary/aromatic N) is 4. The molecule has 0 saturated heterocycles. The smallest absolute Gasteiger partial charge is 0.231 e. The molecule has 2 N–H and O–H groups in total. The van der Waals surface area contributed by atoms with Gasteiger partial charge in [-0.1, -0.05) is 30.3 Å². The topological polar surface area (TPSA) is 76.9 Å². The average Bonchev–Trinajstić information content (AvgIpc) is 3.10. The second kappa shape index (κ2) is 7.96. The van der Waals surface area contributed by atoms with E-state index in [1.807, 2.05) is 56.4 Å². The lowest BCUT2D eigenvalue weighted by Crippen LogP contribution is -2.06. The van der Waals surface area contributed by atoms with Gasteiger partial charge in [-0.25, -0.2) is 0 Å². The Balaban J connectivity index is 1.60. The molecule has 28 heavy (non-hydrogen) atoms. The van der Waals surface area contributed by atoms with Crippen LogP contribution in [0.25, 0.3) is 11.0 Å². The number of nitrogens with one attached hydrogen (secondary N) is 2. The Bertz CT molecular complexity index is 1060. The van der Waals surface area contributed by atoms with Gasteiger partial charge in [-0.2, -0.15) is 15.1 Å². The second-order valence-electron chi connectivity index (χ2n) is 6.32. The fraction of sp³-hybridized carbons (Fsp3) is 0.190. The standard InChI is InChI=1S/C21H22N6O/c1-3-28-17-11-9-16(10-12-17)24-21-25-19(18-14-23-27(2)20(18)26-21)22-13-15-7-5-4-6-8-15/h4-12,14H,3,13H2,1-2H3,(H2,22,24,25,26). The van der Waals surface area contributed by atoms with Gasteiger partial charge in [-0.05, 0) is 36.8 Å². The van der Waals surface area contributed by atoms with Crippen molar-refractivity contribution < 1.29 is 4.74 Å². The third kappa shape index (κ3) is 3.88. The molecule has 7 heteroatoms. The van der Waals surface area contributed by atoms with Gasteiger partial charge in [0.2, 0.25) is 5.95 Å². The predicted octanol–water partition coefficient (Wildman–Crippen LogP) is 4.12. The highest BCUT2D eigenvalue weighted by molar-refractivity contribution is 5.87. The molecule has 0 spiro atoms. The molecule has 0 aliphatic heterocycles. The summed E-state index contributed by atoms with van der Waals surface area (Å²) in [5, 5.41) is 11.9. The van der Waals surface area contributed by atoms with E-state index < -0.39 is 0 Å². The van der Waals surface area contributed by atoms with E-state index >= 15 is 0 Å². The highest BCUT2D eigenvalue weighted by Crippen LogP contribution is 2.24. The molecule has 142 valence electrons. The van der Waals surface area contributed by atoms with Crippen LogP contribution >= 0.6 is 0 Å². The summed E-state index contributed by atoms with van der Waals surface area (Å²) in [7, 11) is 1.87. The van der Waals surface area contributed by atoms with Crippen LogP contribution in [0, 0.1) is 0 Å². The quantitative estimate of drug-likeness (QED) is 0.507. The molecule has 0 bridgehead atoms. The fourth-order valence-corrected chi connectivity index (χ4v) is 2.92. The summed E-state index contributed by atoms with van der Waals surface area (Å²) in [6.45, 7) is 3.28. The molecule has 0 atom stereocenters. The van der Waals surface area contributed by atoms with Crippen LogP contribution in [0.15, 0.2) is 60.8 Å². The van der Waals surface area contributed by atoms with Gasteiger partial charge in [-0.15, -0.1) is 0 Å². The summed E-state index contributed by atoms with van der Waals surface area (Å²) in [5.41, 5.74) is 2.83. The van der Waals surface area contributed by atoms with E-state index in [9.17, 15) is 0 Å². The number of hydrogen-bond donors (Lipinski definition) is 2. The maximum Gasteiger partial charge on any atom is 0.231 e. The summed E-state index contributed by atoms with van der Waals surface area (Å²) >= 11 is 0. The van der Waals surface area contributed by atoms with Crippen molar-refractivity contribution in [3.63, 3.8) is 0 Å². The largest absolute Gasteiger partial charge is 0.494 e. The molecular formula is C21H22N6O. The average molecular weight is 374 g/mol. The highest BCUT2D eigenvalue weighted by atomic mass is 16.5. The minimum Gasteiger partial charge on any atom is -0.494 e. The predicted molar refractivity (Wildman–Crippen MR) is 111 cm³/mol. The molecule has 0 aliphatic rings. The van der Waals surface area contributed by atoms with E-state index in [1.54, 1.807) is 10.9 Å². The number of aryl methyl sites for hydroxylation is 1. The van der Waals surface area contributed by atoms with Crippen LogP contribution in [-0.4, -0.2) is 26.4 Å². The SMILES string of the molecule is CCOc1ccc(Nc2nc(NCc3ccccc3)c3cnn(C)c3n2)cc1. The van der Waals surface area contributed by atoms with E-state index in [4.69, 9.17) is 4.74 Å². The minimum absolute atomic E-state index is 0.510. The van der Waals surface area contributed by atoms with Crippen molar-refractivity contribution >= 4 is 28.5 Å². The van der Waals surface area contributed by atoms with E-state index in [-0.39, 0.29) is 0 Å². The highest BCUT2D eigenvalue weighted by Gasteiger charge is 2.12. The van der Waals surface area contributed by atoms with Crippen molar-refractivity contribution in [1.29, 1.82) is 0 Å². The van der Waals surface area contributed by atoms with Crippen LogP contribution in [0.3, 0.4) is 0 Å². The van der Waals surface area contributed by atoms with Crippen molar-refractivity contribution in [3.8, 4) is 5.75 Å². The lowest BCUT2D eigenvalue weighted by Gasteiger charge is -2.11. The third-order valence-corrected chi connectivity index (χ3v) is 4.32. The van der Waals surface area contributed by atoms with Gasteiger partial charge in [0.05, 0.1) is 18.2 Å². The molecular weight excluding hydrogens is 352 g/mol. The van der Waals surface area contributed by atoms with Crippen molar-refractivity contribution in [3.05, 3.63) is 66.4 Å². The Hall–Kier alpha value is -3.61. The first-order valence-electron chi connectivity index (χ1n) is 9.20. The van der Waals surface area contributed by atoms with Gasteiger partial charge in [0.15, 0.2) is 5.65 Å². The monoisotopic (exact) mass is 374 g/mol. The van der Waals surface area contributed by atoms with Crippen molar-refractivity contribution in [2.45, 2.75) is 13.5 Å². The zero-order valence-corrected chi connectivity index (χ0v) is 15.9. The van der Waals surface area contributed by atoms with Crippen LogP contribution < -0.4 is 15.4 Å². The molecule has 2 aromatic carbocycles. The Kier molecular flexibility index (Phi) is 5.05. The number of hydrogen-bond acceptors (Lipinski definition) is 6. The molecule has 7 nitrogen and oxygen atoms in total. The Morgan fingerprint density at radius 2 is 1.79 bits per heavy atom. The first kappa shape index (κ1) is 17.8. The zero-order valence-electron chi connectivity index (χ0n) is 15.9. The molecule has 0 radical (unpaired) electrons. The van der Waals surface area contributed by atoms with E-state index in [1.165, 1.54) is 5.56 Å². The van der Waals surface area contributed by atoms with Gasteiger partial charge in [0.1, 0.15) is 11.6 Å². The molecule has 0 amide bonds. The Morgan fingerprint density at radius 3 is 2.54 bits per heavy atom. The van der Waals surface area contributed by atoms with Crippen molar-refractivity contribution in [2.75, 3.05) is 17.2 Å². The molecule has 0 unspecified atom stereocenters. The summed E-state index contributed by atoms with van der Waals surface area (Å²) < 4.78 is 7.23. The van der Waals surface area contributed by atoms with Gasteiger partial charge in [0, 0.05) is 19.3 Å². The first-order chi connectivity index (χ1) is 13.7. The number of rotatable bonds is 7. The number of ether oxygens (including phenoxy) is 1. The van der Waals surface area contributed by atoms with Crippen LogP contribution in [0.4, 0.5) is 17.5 Å². The number of benzene rings is 2. The Morgan fingerprint density at radius 1 is 1.00 bits per heavy atom. The summed E-state index contributed by atoms with van der Waals surface area (Å²) in [4.78, 5) is 9.28. The maximum absolute atomic E-state index is 5.49. The van der Waals surface area contributed by atoms with Crippen LogP contribution in [0.5, 0.6) is 5.75 Å². The third-order valence-electron chi connectivity index (χ3n) is 4.32. The van der Waals surface area contributed by atoms with Gasteiger partial charge >= 0.3 is 0 Å². The molecule has 2 aromatic heterocycles. The number of fused-ring (bicyclic) bond motifs is 1. The van der Waals surface area contributed by atoms with Gasteiger partial charge in [0.25, 0.3) is 0 Å². The molecule has 0 fully saturated rings. The van der Waals surface area contributed by atoms with Crippen LogP contribution in [-0.2, 0) is 13.6 Å². The molecule has 0 aliphatic carbocycles. The molecule has 0 saturated carbocycles. The molecule has 4 aromatic rings. The maximum atomic E-state index is 5.49. The summed E-state index contributed by atoms with van der Waals surface area (Å²) in [6, 6.07) is 17.9. The van der Waals surface area contributed by atoms with Gasteiger partial charge < -0.3 is 15.4 Å². The van der Waals surface area contributed by atoms with Crippen LogP contribution in [0.1, 0.15) is 12.5 Å². The summed E-state index contributed by atoms with van der Waals surface area (Å²) in [6.07, 6.45) is 1.78. The van der Waals surface area contributed by atoms with Gasteiger partial charge in [-0.3, -0.25) is 4.68 Å². The normalized spacial score (nSPS) is 10.8. The first-order valence-corrected chi connectivity index (χ1v) is 9.20. The van der Waals surface area contributed by atoms with E-state index in [2.05, 4.69) is 37.8 Å². The van der Waals surface area contributed by atoms with E-state index in [0.717, 1.165) is 28.3 Å².